The summed E-state index contributed by atoms with van der Waals surface area (Å²) in [7, 11) is 1.59. The van der Waals surface area contributed by atoms with Gasteiger partial charge >= 0.3 is 0 Å². The molecule has 1 aromatic carbocycles. The number of amides is 1. The molecule has 0 aliphatic carbocycles. The van der Waals surface area contributed by atoms with Gasteiger partial charge in [0.2, 0.25) is 0 Å². The Balaban J connectivity index is 1.81. The number of ether oxygens (including phenoxy) is 1. The second kappa shape index (κ2) is 5.40. The van der Waals surface area contributed by atoms with Gasteiger partial charge in [-0.05, 0) is 24.3 Å². The van der Waals surface area contributed by atoms with Crippen LogP contribution in [-0.2, 0) is 13.0 Å². The zero-order valence-corrected chi connectivity index (χ0v) is 11.6. The van der Waals surface area contributed by atoms with Crippen LogP contribution in [0.25, 0.3) is 0 Å². The molecule has 0 bridgehead atoms. The Kier molecular flexibility index (Phi) is 3.43. The fourth-order valence-corrected chi connectivity index (χ4v) is 2.44. The predicted molar refractivity (Wildman–Crippen MR) is 76.3 cm³/mol. The molecular weight excluding hydrogens is 270 g/mol. The highest BCUT2D eigenvalue weighted by molar-refractivity contribution is 5.94. The highest BCUT2D eigenvalue weighted by atomic mass is 16.5. The maximum absolute atomic E-state index is 12.5. The van der Waals surface area contributed by atoms with Crippen LogP contribution in [0.4, 0.5) is 0 Å². The van der Waals surface area contributed by atoms with Crippen LogP contribution in [0.2, 0.25) is 0 Å². The van der Waals surface area contributed by atoms with Crippen molar-refractivity contribution in [2.24, 2.45) is 0 Å². The first kappa shape index (κ1) is 13.4. The van der Waals surface area contributed by atoms with Gasteiger partial charge in [0, 0.05) is 36.7 Å². The lowest BCUT2D eigenvalue weighted by Crippen LogP contribution is -2.37. The molecule has 2 aromatic rings. The monoisotopic (exact) mass is 285 g/mol. The maximum atomic E-state index is 12.5. The second-order valence-electron chi connectivity index (χ2n) is 4.91. The van der Waals surface area contributed by atoms with Crippen molar-refractivity contribution in [1.29, 1.82) is 0 Å². The minimum atomic E-state index is -0.243. The Labute approximate surface area is 121 Å². The second-order valence-corrected chi connectivity index (χ2v) is 4.91. The minimum absolute atomic E-state index is 0.0522. The summed E-state index contributed by atoms with van der Waals surface area (Å²) in [4.78, 5) is 25.5. The number of hydrogen-bond acceptors (Lipinski definition) is 4. The molecule has 0 fully saturated rings. The molecule has 108 valence electrons. The van der Waals surface area contributed by atoms with Crippen LogP contribution in [0.3, 0.4) is 0 Å². The number of aromatic nitrogens is 2. The van der Waals surface area contributed by atoms with Crippen LogP contribution in [-0.4, -0.2) is 34.7 Å². The molecule has 1 amide bonds. The molecular formula is C15H15N3O3. The molecule has 0 atom stereocenters. The van der Waals surface area contributed by atoms with Gasteiger partial charge in [0.15, 0.2) is 0 Å². The fraction of sp³-hybridized carbons (Fsp3) is 0.267. The first-order valence-electron chi connectivity index (χ1n) is 6.68. The quantitative estimate of drug-likeness (QED) is 0.892. The number of fused-ring (bicyclic) bond motifs is 1. The highest BCUT2D eigenvalue weighted by Gasteiger charge is 2.22. The number of rotatable bonds is 2. The third-order valence-electron chi connectivity index (χ3n) is 3.58. The van der Waals surface area contributed by atoms with Gasteiger partial charge in [-0.15, -0.1) is 0 Å². The number of carbonyl (C=O) groups excluding carboxylic acids is 1. The Morgan fingerprint density at radius 2 is 2.10 bits per heavy atom. The lowest BCUT2D eigenvalue weighted by Gasteiger charge is -2.27. The largest absolute Gasteiger partial charge is 0.497 e. The van der Waals surface area contributed by atoms with E-state index in [2.05, 4.69) is 10.2 Å². The van der Waals surface area contributed by atoms with Gasteiger partial charge in [0.25, 0.3) is 11.5 Å². The number of hydrogen-bond donors (Lipinski definition) is 1. The summed E-state index contributed by atoms with van der Waals surface area (Å²) in [6.45, 7) is 1.01. The number of carbonyl (C=O) groups is 1. The third kappa shape index (κ3) is 2.65. The molecule has 1 aliphatic rings. The summed E-state index contributed by atoms with van der Waals surface area (Å²) in [5.74, 6) is 0.662. The van der Waals surface area contributed by atoms with E-state index in [4.69, 9.17) is 4.74 Å². The van der Waals surface area contributed by atoms with E-state index in [-0.39, 0.29) is 11.5 Å². The van der Waals surface area contributed by atoms with Gasteiger partial charge in [0.05, 0.1) is 12.8 Å². The summed E-state index contributed by atoms with van der Waals surface area (Å²) < 4.78 is 5.08. The van der Waals surface area contributed by atoms with Crippen LogP contribution >= 0.6 is 0 Å². The average Bonchev–Trinajstić information content (AvgIpc) is 2.53. The fourth-order valence-electron chi connectivity index (χ4n) is 2.44. The Bertz CT molecular complexity index is 722. The molecule has 6 nitrogen and oxygen atoms in total. The van der Waals surface area contributed by atoms with Crippen molar-refractivity contribution in [2.45, 2.75) is 13.0 Å². The van der Waals surface area contributed by atoms with E-state index in [0.717, 1.165) is 11.3 Å². The number of nitrogens with one attached hydrogen (secondary N) is 1. The third-order valence-corrected chi connectivity index (χ3v) is 3.58. The standard InChI is InChI=1S/C15H15N3O3/c1-21-12-4-2-10(3-5-12)15(20)18-7-6-13-11(9-18)8-14(19)17-16-13/h2-5,8H,6-7,9H2,1H3,(H,17,19). The maximum Gasteiger partial charge on any atom is 0.264 e. The van der Waals surface area contributed by atoms with Crippen molar-refractivity contribution < 1.29 is 9.53 Å². The smallest absolute Gasteiger partial charge is 0.264 e. The van der Waals surface area contributed by atoms with Gasteiger partial charge < -0.3 is 9.64 Å². The van der Waals surface area contributed by atoms with Crippen molar-refractivity contribution in [2.75, 3.05) is 13.7 Å². The van der Waals surface area contributed by atoms with E-state index in [1.165, 1.54) is 6.07 Å². The summed E-state index contributed by atoms with van der Waals surface area (Å²) in [6.07, 6.45) is 0.647. The number of H-pyrrole nitrogens is 1. The van der Waals surface area contributed by atoms with Crippen molar-refractivity contribution in [1.82, 2.24) is 15.1 Å². The molecule has 0 radical (unpaired) electrons. The summed E-state index contributed by atoms with van der Waals surface area (Å²) in [6, 6.07) is 8.52. The zero-order valence-electron chi connectivity index (χ0n) is 11.6. The molecule has 21 heavy (non-hydrogen) atoms. The van der Waals surface area contributed by atoms with Crippen LogP contribution in [0.5, 0.6) is 5.75 Å². The van der Waals surface area contributed by atoms with Crippen LogP contribution < -0.4 is 10.3 Å². The van der Waals surface area contributed by atoms with E-state index in [1.54, 1.807) is 36.3 Å². The van der Waals surface area contributed by atoms with Crippen LogP contribution in [0.15, 0.2) is 35.1 Å². The topological polar surface area (TPSA) is 75.3 Å². The van der Waals surface area contributed by atoms with Gasteiger partial charge in [-0.25, -0.2) is 5.10 Å². The molecule has 1 aromatic heterocycles. The Morgan fingerprint density at radius 1 is 1.33 bits per heavy atom. The van der Waals surface area contributed by atoms with E-state index >= 15 is 0 Å². The van der Waals surface area contributed by atoms with Crippen molar-refractivity contribution in [3.8, 4) is 5.75 Å². The van der Waals surface area contributed by atoms with Gasteiger partial charge in [0.1, 0.15) is 5.75 Å². The lowest BCUT2D eigenvalue weighted by molar-refractivity contribution is 0.0733. The molecule has 0 saturated heterocycles. The first-order chi connectivity index (χ1) is 10.2. The van der Waals surface area contributed by atoms with E-state index in [0.29, 0.717) is 30.8 Å². The Morgan fingerprint density at radius 3 is 2.81 bits per heavy atom. The van der Waals surface area contributed by atoms with Crippen LogP contribution in [0, 0.1) is 0 Å². The van der Waals surface area contributed by atoms with Crippen molar-refractivity contribution in [3.05, 3.63) is 57.5 Å². The molecule has 0 spiro atoms. The first-order valence-corrected chi connectivity index (χ1v) is 6.68. The Hall–Kier alpha value is -2.63. The number of aromatic amines is 1. The van der Waals surface area contributed by atoms with Gasteiger partial charge in [-0.2, -0.15) is 5.10 Å². The van der Waals surface area contributed by atoms with Crippen molar-refractivity contribution >= 4 is 5.91 Å². The molecule has 0 unspecified atom stereocenters. The molecule has 1 aliphatic heterocycles. The minimum Gasteiger partial charge on any atom is -0.497 e. The van der Waals surface area contributed by atoms with Gasteiger partial charge in [-0.3, -0.25) is 9.59 Å². The summed E-state index contributed by atoms with van der Waals surface area (Å²) >= 11 is 0. The SMILES string of the molecule is COc1ccc(C(=O)N2CCc3n[nH]c(=O)cc3C2)cc1. The van der Waals surface area contributed by atoms with Crippen LogP contribution in [0.1, 0.15) is 21.6 Å². The lowest BCUT2D eigenvalue weighted by atomic mass is 10.1. The predicted octanol–water partition coefficient (Wildman–Crippen LogP) is 0.977. The molecule has 1 N–H and O–H groups in total. The van der Waals surface area contributed by atoms with E-state index < -0.39 is 0 Å². The zero-order chi connectivity index (χ0) is 14.8. The van der Waals surface area contributed by atoms with Crippen molar-refractivity contribution in [3.63, 3.8) is 0 Å². The van der Waals surface area contributed by atoms with Gasteiger partial charge in [-0.1, -0.05) is 0 Å². The highest BCUT2D eigenvalue weighted by Crippen LogP contribution is 2.18. The molecule has 3 rings (SSSR count). The summed E-state index contributed by atoms with van der Waals surface area (Å²) in [5, 5.41) is 6.44. The number of benzene rings is 1. The summed E-state index contributed by atoms with van der Waals surface area (Å²) in [5.41, 5.74) is 2.03. The molecule has 2 heterocycles. The van der Waals surface area contributed by atoms with E-state index in [9.17, 15) is 9.59 Å². The normalized spacial score (nSPS) is 13.7. The average molecular weight is 285 g/mol. The number of methoxy groups -OCH3 is 1. The number of nitrogens with zero attached hydrogens (tertiary/aromatic N) is 2. The molecule has 0 saturated carbocycles. The molecule has 6 heteroatoms. The van der Waals surface area contributed by atoms with E-state index in [1.807, 2.05) is 0 Å².